The van der Waals surface area contributed by atoms with Crippen molar-refractivity contribution < 1.29 is 12.8 Å². The second kappa shape index (κ2) is 8.07. The molecule has 0 bridgehead atoms. The van der Waals surface area contributed by atoms with Crippen molar-refractivity contribution in [3.8, 4) is 0 Å². The van der Waals surface area contributed by atoms with E-state index in [0.717, 1.165) is 53.2 Å². The Kier molecular flexibility index (Phi) is 5.45. The summed E-state index contributed by atoms with van der Waals surface area (Å²) in [7, 11) is -3.77. The van der Waals surface area contributed by atoms with Crippen molar-refractivity contribution in [1.82, 2.24) is 0 Å². The van der Waals surface area contributed by atoms with E-state index in [1.807, 2.05) is 30.3 Å². The van der Waals surface area contributed by atoms with Gasteiger partial charge in [0.05, 0.1) is 10.6 Å². The van der Waals surface area contributed by atoms with E-state index < -0.39 is 10.0 Å². The summed E-state index contributed by atoms with van der Waals surface area (Å²) in [6.45, 7) is 6.93. The normalized spacial score (nSPS) is 16.8. The lowest BCUT2D eigenvalue weighted by atomic mass is 9.69. The summed E-state index contributed by atoms with van der Waals surface area (Å²) in [5.74, 6) is 1.60. The van der Waals surface area contributed by atoms with Gasteiger partial charge in [0.2, 0.25) is 0 Å². The smallest absolute Gasteiger partial charge is 0.261 e. The minimum Gasteiger partial charge on any atom is -0.460 e. The Balaban J connectivity index is 1.65. The molecular formula is C27H28ClNO3S. The maximum Gasteiger partial charge on any atom is 0.261 e. The van der Waals surface area contributed by atoms with E-state index in [9.17, 15) is 8.42 Å². The standard InChI is InChI=1S/C27H28ClNO3S/c1-4-27(2,3)17-9-14-25-22(15-17)23-16-24(20-7-5-6-8-21(20)26(23)32-25)29-33(30,31)19-12-10-18(28)11-13-19/h5-8,10-13,16-17,29H,4,9,14-15H2,1-3H3. The first-order valence-corrected chi connectivity index (χ1v) is 13.3. The number of rotatable bonds is 5. The lowest BCUT2D eigenvalue weighted by Gasteiger charge is -2.36. The van der Waals surface area contributed by atoms with Crippen molar-refractivity contribution in [3.63, 3.8) is 0 Å². The second-order valence-electron chi connectivity index (χ2n) is 9.69. The Morgan fingerprint density at radius 1 is 1.06 bits per heavy atom. The summed E-state index contributed by atoms with van der Waals surface area (Å²) in [4.78, 5) is 0.176. The summed E-state index contributed by atoms with van der Waals surface area (Å²) in [6.07, 6.45) is 4.10. The number of anilines is 1. The topological polar surface area (TPSA) is 59.3 Å². The third kappa shape index (κ3) is 3.91. The van der Waals surface area contributed by atoms with E-state index in [0.29, 0.717) is 16.6 Å². The molecule has 33 heavy (non-hydrogen) atoms. The predicted octanol–water partition coefficient (Wildman–Crippen LogP) is 7.58. The Hall–Kier alpha value is -2.50. The Morgan fingerprint density at radius 2 is 1.76 bits per heavy atom. The van der Waals surface area contributed by atoms with Gasteiger partial charge in [0.1, 0.15) is 11.3 Å². The fourth-order valence-corrected chi connectivity index (χ4v) is 6.15. The van der Waals surface area contributed by atoms with E-state index in [-0.39, 0.29) is 10.3 Å². The van der Waals surface area contributed by atoms with Gasteiger partial charge < -0.3 is 4.42 Å². The Morgan fingerprint density at radius 3 is 2.45 bits per heavy atom. The molecule has 0 fully saturated rings. The van der Waals surface area contributed by atoms with Gasteiger partial charge in [-0.1, -0.05) is 63.1 Å². The van der Waals surface area contributed by atoms with Gasteiger partial charge in [-0.05, 0) is 54.5 Å². The van der Waals surface area contributed by atoms with E-state index in [1.54, 1.807) is 12.1 Å². The fraction of sp³-hybridized carbons (Fsp3) is 0.333. The molecule has 4 aromatic rings. The third-order valence-corrected chi connectivity index (χ3v) is 9.07. The predicted molar refractivity (Wildman–Crippen MR) is 136 cm³/mol. The van der Waals surface area contributed by atoms with Gasteiger partial charge in [-0.2, -0.15) is 0 Å². The molecule has 1 aliphatic carbocycles. The van der Waals surface area contributed by atoms with Crippen LogP contribution in [-0.2, 0) is 22.9 Å². The summed E-state index contributed by atoms with van der Waals surface area (Å²) in [5, 5.41) is 3.24. The fourth-order valence-electron chi connectivity index (χ4n) is 4.95. The highest BCUT2D eigenvalue weighted by Gasteiger charge is 2.34. The zero-order valence-corrected chi connectivity index (χ0v) is 20.7. The van der Waals surface area contributed by atoms with Crippen molar-refractivity contribution >= 4 is 49.1 Å². The lowest BCUT2D eigenvalue weighted by Crippen LogP contribution is -2.28. The quantitative estimate of drug-likeness (QED) is 0.319. The molecule has 0 radical (unpaired) electrons. The van der Waals surface area contributed by atoms with Crippen LogP contribution in [0.4, 0.5) is 5.69 Å². The van der Waals surface area contributed by atoms with Crippen LogP contribution < -0.4 is 4.72 Å². The van der Waals surface area contributed by atoms with Crippen LogP contribution in [0.3, 0.4) is 0 Å². The highest BCUT2D eigenvalue weighted by Crippen LogP contribution is 2.45. The molecule has 0 spiro atoms. The van der Waals surface area contributed by atoms with E-state index in [2.05, 4.69) is 25.5 Å². The zero-order valence-electron chi connectivity index (χ0n) is 19.1. The average molecular weight is 482 g/mol. The first kappa shape index (κ1) is 22.3. The summed E-state index contributed by atoms with van der Waals surface area (Å²) in [5.41, 5.74) is 2.88. The van der Waals surface area contributed by atoms with Crippen LogP contribution in [0, 0.1) is 11.3 Å². The molecule has 1 aliphatic rings. The monoisotopic (exact) mass is 481 g/mol. The first-order valence-electron chi connectivity index (χ1n) is 11.4. The van der Waals surface area contributed by atoms with E-state index >= 15 is 0 Å². The molecule has 1 atom stereocenters. The van der Waals surface area contributed by atoms with Gasteiger partial charge in [-0.3, -0.25) is 4.72 Å². The molecule has 0 saturated heterocycles. The number of hydrogen-bond donors (Lipinski definition) is 1. The first-order chi connectivity index (χ1) is 15.7. The largest absolute Gasteiger partial charge is 0.460 e. The maximum atomic E-state index is 13.2. The van der Waals surface area contributed by atoms with Crippen molar-refractivity contribution in [2.24, 2.45) is 11.3 Å². The average Bonchev–Trinajstić information content (AvgIpc) is 3.17. The molecule has 0 aliphatic heterocycles. The van der Waals surface area contributed by atoms with Crippen LogP contribution >= 0.6 is 11.6 Å². The van der Waals surface area contributed by atoms with Gasteiger partial charge in [-0.25, -0.2) is 8.42 Å². The highest BCUT2D eigenvalue weighted by atomic mass is 35.5. The SMILES string of the molecule is CCC(C)(C)C1CCc2oc3c(cc(NS(=O)(=O)c4ccc(Cl)cc4)c4ccccc43)c2C1. The number of benzene rings is 3. The van der Waals surface area contributed by atoms with Crippen LogP contribution in [0.25, 0.3) is 21.7 Å². The van der Waals surface area contributed by atoms with Crippen molar-refractivity contribution in [1.29, 1.82) is 0 Å². The van der Waals surface area contributed by atoms with Gasteiger partial charge >= 0.3 is 0 Å². The molecule has 5 rings (SSSR count). The van der Waals surface area contributed by atoms with Crippen LogP contribution in [0.5, 0.6) is 0 Å². The van der Waals surface area contributed by atoms with Crippen LogP contribution in [0.15, 0.2) is 63.9 Å². The molecule has 0 saturated carbocycles. The highest BCUT2D eigenvalue weighted by molar-refractivity contribution is 7.92. The molecule has 1 N–H and O–H groups in total. The number of aryl methyl sites for hydroxylation is 1. The van der Waals surface area contributed by atoms with Gasteiger partial charge in [0, 0.05) is 33.2 Å². The Labute approximate surface area is 200 Å². The minimum absolute atomic E-state index is 0.176. The summed E-state index contributed by atoms with van der Waals surface area (Å²) >= 11 is 5.95. The molecule has 0 amide bonds. The molecule has 3 aromatic carbocycles. The number of halogens is 1. The van der Waals surface area contributed by atoms with Gasteiger partial charge in [0.15, 0.2) is 0 Å². The number of sulfonamides is 1. The van der Waals surface area contributed by atoms with Gasteiger partial charge in [-0.15, -0.1) is 0 Å². The summed E-state index contributed by atoms with van der Waals surface area (Å²) in [6, 6.07) is 16.0. The number of furan rings is 1. The maximum absolute atomic E-state index is 13.2. The van der Waals surface area contributed by atoms with Gasteiger partial charge in [0.25, 0.3) is 10.0 Å². The van der Waals surface area contributed by atoms with E-state index in [1.165, 1.54) is 17.7 Å². The van der Waals surface area contributed by atoms with E-state index in [4.69, 9.17) is 16.0 Å². The molecular weight excluding hydrogens is 454 g/mol. The third-order valence-electron chi connectivity index (χ3n) is 7.44. The van der Waals surface area contributed by atoms with Crippen molar-refractivity contribution in [2.45, 2.75) is 51.3 Å². The van der Waals surface area contributed by atoms with Crippen LogP contribution in [0.1, 0.15) is 44.9 Å². The van der Waals surface area contributed by atoms with Crippen molar-refractivity contribution in [3.05, 3.63) is 70.9 Å². The number of nitrogens with one attached hydrogen (secondary N) is 1. The minimum atomic E-state index is -3.77. The van der Waals surface area contributed by atoms with Crippen molar-refractivity contribution in [2.75, 3.05) is 4.72 Å². The van der Waals surface area contributed by atoms with Crippen LogP contribution in [0.2, 0.25) is 5.02 Å². The molecule has 1 heterocycles. The second-order valence-corrected chi connectivity index (χ2v) is 11.8. The molecule has 6 heteroatoms. The number of hydrogen-bond acceptors (Lipinski definition) is 3. The number of fused-ring (bicyclic) bond motifs is 5. The van der Waals surface area contributed by atoms with Crippen LogP contribution in [-0.4, -0.2) is 8.42 Å². The molecule has 1 aromatic heterocycles. The molecule has 1 unspecified atom stereocenters. The Bertz CT molecular complexity index is 1450. The lowest BCUT2D eigenvalue weighted by molar-refractivity contribution is 0.179. The molecule has 4 nitrogen and oxygen atoms in total. The molecule has 172 valence electrons. The summed E-state index contributed by atoms with van der Waals surface area (Å²) < 4.78 is 35.5. The zero-order chi connectivity index (χ0) is 23.4.